The van der Waals surface area contributed by atoms with E-state index < -0.39 is 0 Å². The highest BCUT2D eigenvalue weighted by atomic mass is 79.9. The van der Waals surface area contributed by atoms with E-state index in [2.05, 4.69) is 40.3 Å². The molecule has 0 bridgehead atoms. The summed E-state index contributed by atoms with van der Waals surface area (Å²) in [6.07, 6.45) is 1.08. The molecule has 20 heavy (non-hydrogen) atoms. The summed E-state index contributed by atoms with van der Waals surface area (Å²) in [5.41, 5.74) is 0.915. The van der Waals surface area contributed by atoms with Crippen molar-refractivity contribution in [2.75, 3.05) is 11.9 Å². The lowest BCUT2D eigenvalue weighted by molar-refractivity contribution is 0.339. The maximum Gasteiger partial charge on any atom is 0.156 e. The zero-order chi connectivity index (χ0) is 14.5. The number of rotatable bonds is 6. The van der Waals surface area contributed by atoms with Crippen LogP contribution in [0.2, 0.25) is 5.02 Å². The maximum atomic E-state index is 6.11. The number of thiophene rings is 1. The van der Waals surface area contributed by atoms with Gasteiger partial charge >= 0.3 is 0 Å². The Balaban J connectivity index is 2.15. The largest absolute Gasteiger partial charge is 0.491 e. The quantitative estimate of drug-likeness (QED) is 0.696. The number of benzene rings is 1. The highest BCUT2D eigenvalue weighted by molar-refractivity contribution is 9.10. The van der Waals surface area contributed by atoms with E-state index >= 15 is 0 Å². The first-order valence-electron chi connectivity index (χ1n) is 6.57. The number of ether oxygens (including phenoxy) is 1. The van der Waals surface area contributed by atoms with Gasteiger partial charge in [0.1, 0.15) is 0 Å². The Labute approximate surface area is 137 Å². The number of aryl methyl sites for hydroxylation is 1. The lowest BCUT2D eigenvalue weighted by Crippen LogP contribution is -2.02. The van der Waals surface area contributed by atoms with Crippen molar-refractivity contribution in [2.45, 2.75) is 26.8 Å². The molecule has 1 aromatic heterocycles. The van der Waals surface area contributed by atoms with E-state index in [9.17, 15) is 0 Å². The smallest absolute Gasteiger partial charge is 0.156 e. The molecule has 0 aliphatic heterocycles. The van der Waals surface area contributed by atoms with E-state index in [4.69, 9.17) is 16.3 Å². The van der Waals surface area contributed by atoms with Gasteiger partial charge in [-0.2, -0.15) is 0 Å². The van der Waals surface area contributed by atoms with E-state index in [1.165, 1.54) is 9.75 Å². The van der Waals surface area contributed by atoms with Gasteiger partial charge in [-0.1, -0.05) is 18.5 Å². The van der Waals surface area contributed by atoms with Gasteiger partial charge in [0.15, 0.2) is 5.75 Å². The topological polar surface area (TPSA) is 21.3 Å². The van der Waals surface area contributed by atoms with Gasteiger partial charge in [-0.3, -0.25) is 0 Å². The van der Waals surface area contributed by atoms with Crippen molar-refractivity contribution in [3.63, 3.8) is 0 Å². The van der Waals surface area contributed by atoms with Gasteiger partial charge in [0.05, 0.1) is 16.8 Å². The molecule has 5 heteroatoms. The van der Waals surface area contributed by atoms with Crippen molar-refractivity contribution in [2.24, 2.45) is 0 Å². The van der Waals surface area contributed by atoms with Crippen LogP contribution in [0.4, 0.5) is 5.69 Å². The van der Waals surface area contributed by atoms with Crippen LogP contribution in [0.1, 0.15) is 23.6 Å². The van der Waals surface area contributed by atoms with Crippen molar-refractivity contribution in [1.82, 2.24) is 0 Å². The molecule has 0 fully saturated rings. The van der Waals surface area contributed by atoms with E-state index in [-0.39, 0.29) is 0 Å². The molecular weight excluding hydrogens is 358 g/mol. The van der Waals surface area contributed by atoms with Crippen LogP contribution in [-0.2, 0) is 13.0 Å². The fourth-order valence-electron chi connectivity index (χ4n) is 1.87. The number of hydrogen-bond donors (Lipinski definition) is 1. The summed E-state index contributed by atoms with van der Waals surface area (Å²) in [5.74, 6) is 0.809. The zero-order valence-corrected chi connectivity index (χ0v) is 14.7. The van der Waals surface area contributed by atoms with Crippen molar-refractivity contribution in [3.8, 4) is 5.75 Å². The summed E-state index contributed by atoms with van der Waals surface area (Å²) in [6.45, 7) is 5.54. The molecule has 0 aliphatic rings. The molecule has 0 saturated heterocycles. The first kappa shape index (κ1) is 15.7. The molecule has 1 aromatic carbocycles. The van der Waals surface area contributed by atoms with Crippen LogP contribution >= 0.6 is 38.9 Å². The fourth-order valence-corrected chi connectivity index (χ4v) is 3.69. The van der Waals surface area contributed by atoms with E-state index in [1.54, 1.807) is 0 Å². The molecule has 0 aliphatic carbocycles. The van der Waals surface area contributed by atoms with Crippen LogP contribution in [0.15, 0.2) is 28.7 Å². The van der Waals surface area contributed by atoms with Gasteiger partial charge in [0.25, 0.3) is 0 Å². The Morgan fingerprint density at radius 2 is 2.00 bits per heavy atom. The molecule has 0 amide bonds. The van der Waals surface area contributed by atoms with E-state index in [0.717, 1.165) is 28.9 Å². The molecule has 1 N–H and O–H groups in total. The second kappa shape index (κ2) is 7.34. The van der Waals surface area contributed by atoms with Crippen LogP contribution in [-0.4, -0.2) is 6.61 Å². The van der Waals surface area contributed by atoms with Gasteiger partial charge in [0, 0.05) is 21.3 Å². The van der Waals surface area contributed by atoms with E-state index in [1.807, 2.05) is 30.4 Å². The lowest BCUT2D eigenvalue weighted by atomic mass is 10.3. The average Bonchev–Trinajstić information content (AvgIpc) is 2.88. The molecule has 1 heterocycles. The summed E-state index contributed by atoms with van der Waals surface area (Å²) in [6, 6.07) is 8.08. The van der Waals surface area contributed by atoms with Crippen molar-refractivity contribution in [3.05, 3.63) is 43.5 Å². The lowest BCUT2D eigenvalue weighted by Gasteiger charge is -2.14. The van der Waals surface area contributed by atoms with Crippen LogP contribution in [0, 0.1) is 0 Å². The molecule has 2 rings (SSSR count). The standard InChI is InChI=1S/C15H17BrClNOS/c1-3-11-5-6-12(20-11)9-18-14-8-10(17)7-13(16)15(14)19-4-2/h5-8,18H,3-4,9H2,1-2H3. The molecule has 2 aromatic rings. The Bertz CT molecular complexity index is 585. The third kappa shape index (κ3) is 3.90. The molecule has 0 atom stereocenters. The minimum atomic E-state index is 0.619. The highest BCUT2D eigenvalue weighted by Gasteiger charge is 2.10. The van der Waals surface area contributed by atoms with Crippen LogP contribution in [0.5, 0.6) is 5.75 Å². The van der Waals surface area contributed by atoms with E-state index in [0.29, 0.717) is 11.6 Å². The van der Waals surface area contributed by atoms with Gasteiger partial charge in [-0.25, -0.2) is 0 Å². The van der Waals surface area contributed by atoms with Crippen LogP contribution < -0.4 is 10.1 Å². The first-order chi connectivity index (χ1) is 9.63. The molecule has 0 unspecified atom stereocenters. The summed E-state index contributed by atoms with van der Waals surface area (Å²) < 4.78 is 6.54. The SMILES string of the molecule is CCOc1c(Br)cc(Cl)cc1NCc1ccc(CC)s1. The molecule has 0 spiro atoms. The number of nitrogens with one attached hydrogen (secondary N) is 1. The fraction of sp³-hybridized carbons (Fsp3) is 0.333. The monoisotopic (exact) mass is 373 g/mol. The predicted octanol–water partition coefficient (Wildman–Crippen LogP) is 5.74. The average molecular weight is 375 g/mol. The minimum absolute atomic E-state index is 0.619. The Morgan fingerprint density at radius 3 is 2.65 bits per heavy atom. The predicted molar refractivity (Wildman–Crippen MR) is 91.3 cm³/mol. The van der Waals surface area contributed by atoms with Crippen molar-refractivity contribution in [1.29, 1.82) is 0 Å². The summed E-state index contributed by atoms with van der Waals surface area (Å²) in [5, 5.41) is 4.09. The van der Waals surface area contributed by atoms with Crippen molar-refractivity contribution < 1.29 is 4.74 Å². The van der Waals surface area contributed by atoms with Crippen LogP contribution in [0.3, 0.4) is 0 Å². The third-order valence-electron chi connectivity index (χ3n) is 2.82. The molecular formula is C15H17BrClNOS. The Morgan fingerprint density at radius 1 is 1.25 bits per heavy atom. The zero-order valence-electron chi connectivity index (χ0n) is 11.5. The highest BCUT2D eigenvalue weighted by Crippen LogP contribution is 2.37. The molecule has 108 valence electrons. The maximum absolute atomic E-state index is 6.11. The Hall–Kier alpha value is -0.710. The van der Waals surface area contributed by atoms with Crippen LogP contribution in [0.25, 0.3) is 0 Å². The number of anilines is 1. The Kier molecular flexibility index (Phi) is 5.75. The minimum Gasteiger partial charge on any atom is -0.491 e. The second-order valence-electron chi connectivity index (χ2n) is 4.27. The van der Waals surface area contributed by atoms with Gasteiger partial charge in [0.2, 0.25) is 0 Å². The first-order valence-corrected chi connectivity index (χ1v) is 8.56. The van der Waals surface area contributed by atoms with Gasteiger partial charge < -0.3 is 10.1 Å². The molecule has 0 saturated carbocycles. The molecule has 2 nitrogen and oxygen atoms in total. The summed E-state index contributed by atoms with van der Waals surface area (Å²) in [7, 11) is 0. The van der Waals surface area contributed by atoms with Gasteiger partial charge in [-0.15, -0.1) is 11.3 Å². The van der Waals surface area contributed by atoms with Gasteiger partial charge in [-0.05, 0) is 53.5 Å². The third-order valence-corrected chi connectivity index (χ3v) is 4.85. The second-order valence-corrected chi connectivity index (χ2v) is 6.82. The normalized spacial score (nSPS) is 10.6. The number of hydrogen-bond acceptors (Lipinski definition) is 3. The molecule has 0 radical (unpaired) electrons. The van der Waals surface area contributed by atoms with Crippen molar-refractivity contribution >= 4 is 44.6 Å². The summed E-state index contributed by atoms with van der Waals surface area (Å²) in [4.78, 5) is 2.71. The summed E-state index contributed by atoms with van der Waals surface area (Å²) >= 11 is 11.4. The number of halogens is 2.